The molecule has 1 unspecified atom stereocenters. The smallest absolute Gasteiger partial charge is 0.155 e. The van der Waals surface area contributed by atoms with Gasteiger partial charge in [-0.1, -0.05) is 37.3 Å². The van der Waals surface area contributed by atoms with Crippen molar-refractivity contribution in [3.63, 3.8) is 0 Å². The molecule has 0 aromatic heterocycles. The minimum absolute atomic E-state index is 0.238. The molecular weight excluding hydrogens is 270 g/mol. The van der Waals surface area contributed by atoms with Crippen LogP contribution in [-0.4, -0.2) is 32.0 Å². The van der Waals surface area contributed by atoms with Gasteiger partial charge in [-0.3, -0.25) is 0 Å². The standard InChI is InChI=1S/C16H27NO2S/c1-5-17-13-15(14-9-7-6-8-10-14)11-12-20(18,19)16(2,3)4/h6-10,15,17H,5,11-13H2,1-4H3. The Bertz CT molecular complexity index is 489. The van der Waals surface area contributed by atoms with Gasteiger partial charge in [0.1, 0.15) is 0 Å². The molecule has 0 spiro atoms. The van der Waals surface area contributed by atoms with Gasteiger partial charge in [0.25, 0.3) is 0 Å². The van der Waals surface area contributed by atoms with E-state index in [0.717, 1.165) is 13.1 Å². The lowest BCUT2D eigenvalue weighted by Gasteiger charge is -2.22. The van der Waals surface area contributed by atoms with Gasteiger partial charge in [0.05, 0.1) is 10.5 Å². The minimum Gasteiger partial charge on any atom is -0.316 e. The molecule has 0 bridgehead atoms. The van der Waals surface area contributed by atoms with E-state index in [9.17, 15) is 8.42 Å². The van der Waals surface area contributed by atoms with Crippen molar-refractivity contribution in [3.05, 3.63) is 35.9 Å². The van der Waals surface area contributed by atoms with Gasteiger partial charge in [-0.05, 0) is 45.2 Å². The Morgan fingerprint density at radius 3 is 2.25 bits per heavy atom. The van der Waals surface area contributed by atoms with E-state index in [2.05, 4.69) is 24.4 Å². The van der Waals surface area contributed by atoms with E-state index >= 15 is 0 Å². The summed E-state index contributed by atoms with van der Waals surface area (Å²) in [6.45, 7) is 9.09. The van der Waals surface area contributed by atoms with Crippen LogP contribution in [0.4, 0.5) is 0 Å². The van der Waals surface area contributed by atoms with Gasteiger partial charge < -0.3 is 5.32 Å². The highest BCUT2D eigenvalue weighted by molar-refractivity contribution is 7.92. The van der Waals surface area contributed by atoms with Crippen LogP contribution in [0.15, 0.2) is 30.3 Å². The molecule has 0 saturated heterocycles. The van der Waals surface area contributed by atoms with Crippen LogP contribution in [0.1, 0.15) is 45.6 Å². The van der Waals surface area contributed by atoms with Gasteiger partial charge >= 0.3 is 0 Å². The third kappa shape index (κ3) is 4.91. The second-order valence-corrected chi connectivity index (χ2v) is 9.00. The maximum Gasteiger partial charge on any atom is 0.155 e. The first-order chi connectivity index (χ1) is 9.28. The summed E-state index contributed by atoms with van der Waals surface area (Å²) in [6, 6.07) is 10.1. The molecule has 0 aliphatic carbocycles. The molecule has 1 N–H and O–H groups in total. The lowest BCUT2D eigenvalue weighted by molar-refractivity contribution is 0.541. The van der Waals surface area contributed by atoms with Crippen molar-refractivity contribution in [2.45, 2.75) is 44.8 Å². The van der Waals surface area contributed by atoms with Crippen LogP contribution in [0.2, 0.25) is 0 Å². The van der Waals surface area contributed by atoms with Crippen LogP contribution in [0.3, 0.4) is 0 Å². The van der Waals surface area contributed by atoms with Crippen LogP contribution >= 0.6 is 0 Å². The van der Waals surface area contributed by atoms with Gasteiger partial charge in [0.2, 0.25) is 0 Å². The fraction of sp³-hybridized carbons (Fsp3) is 0.625. The highest BCUT2D eigenvalue weighted by atomic mass is 32.2. The molecule has 1 aromatic rings. The van der Waals surface area contributed by atoms with Gasteiger partial charge in [0, 0.05) is 6.54 Å². The van der Waals surface area contributed by atoms with Gasteiger partial charge in [0.15, 0.2) is 9.84 Å². The zero-order valence-electron chi connectivity index (χ0n) is 13.0. The molecule has 3 nitrogen and oxygen atoms in total. The SMILES string of the molecule is CCNCC(CCS(=O)(=O)C(C)(C)C)c1ccccc1. The maximum atomic E-state index is 12.2. The van der Waals surface area contributed by atoms with Gasteiger partial charge in [-0.15, -0.1) is 0 Å². The monoisotopic (exact) mass is 297 g/mol. The molecule has 0 aliphatic rings. The first-order valence-electron chi connectivity index (χ1n) is 7.26. The van der Waals surface area contributed by atoms with Crippen LogP contribution in [0.5, 0.6) is 0 Å². The van der Waals surface area contributed by atoms with E-state index in [1.807, 2.05) is 18.2 Å². The van der Waals surface area contributed by atoms with Crippen molar-refractivity contribution in [1.82, 2.24) is 5.32 Å². The van der Waals surface area contributed by atoms with Crippen LogP contribution in [0, 0.1) is 0 Å². The van der Waals surface area contributed by atoms with E-state index < -0.39 is 14.6 Å². The van der Waals surface area contributed by atoms with E-state index in [1.54, 1.807) is 20.8 Å². The molecule has 0 aliphatic heterocycles. The molecule has 4 heteroatoms. The Balaban J connectivity index is 2.77. The quantitative estimate of drug-likeness (QED) is 0.841. The summed E-state index contributed by atoms with van der Waals surface area (Å²) in [7, 11) is -3.05. The highest BCUT2D eigenvalue weighted by Crippen LogP contribution is 2.23. The van der Waals surface area contributed by atoms with Crippen molar-refractivity contribution >= 4 is 9.84 Å². The summed E-state index contributed by atoms with van der Waals surface area (Å²) in [5.74, 6) is 0.481. The number of rotatable bonds is 7. The molecule has 1 aromatic carbocycles. The molecule has 20 heavy (non-hydrogen) atoms. The average molecular weight is 297 g/mol. The second-order valence-electron chi connectivity index (χ2n) is 6.14. The first kappa shape index (κ1) is 17.2. The van der Waals surface area contributed by atoms with Crippen molar-refractivity contribution in [2.24, 2.45) is 0 Å². The molecular formula is C16H27NO2S. The largest absolute Gasteiger partial charge is 0.316 e. The van der Waals surface area contributed by atoms with Crippen molar-refractivity contribution in [3.8, 4) is 0 Å². The lowest BCUT2D eigenvalue weighted by atomic mass is 9.96. The molecule has 1 atom stereocenters. The summed E-state index contributed by atoms with van der Waals surface area (Å²) in [5.41, 5.74) is 1.21. The predicted molar refractivity (Wildman–Crippen MR) is 85.9 cm³/mol. The third-order valence-corrected chi connectivity index (χ3v) is 6.22. The van der Waals surface area contributed by atoms with E-state index in [0.29, 0.717) is 6.42 Å². The number of sulfone groups is 1. The third-order valence-electron chi connectivity index (χ3n) is 3.58. The average Bonchev–Trinajstić information content (AvgIpc) is 2.38. The summed E-state index contributed by atoms with van der Waals surface area (Å²) < 4.78 is 23.8. The van der Waals surface area contributed by atoms with Gasteiger partial charge in [-0.2, -0.15) is 0 Å². The van der Waals surface area contributed by atoms with E-state index in [4.69, 9.17) is 0 Å². The van der Waals surface area contributed by atoms with Crippen molar-refractivity contribution in [2.75, 3.05) is 18.8 Å². The van der Waals surface area contributed by atoms with E-state index in [-0.39, 0.29) is 11.7 Å². The fourth-order valence-corrected chi connectivity index (χ4v) is 3.24. The molecule has 0 radical (unpaired) electrons. The Labute approximate surface area is 123 Å². The normalized spacial score (nSPS) is 14.2. The maximum absolute atomic E-state index is 12.2. The second kappa shape index (κ2) is 7.23. The number of hydrogen-bond donors (Lipinski definition) is 1. The molecule has 0 saturated carbocycles. The zero-order valence-corrected chi connectivity index (χ0v) is 13.8. The topological polar surface area (TPSA) is 46.2 Å². The predicted octanol–water partition coefficient (Wildman–Crippen LogP) is 2.98. The highest BCUT2D eigenvalue weighted by Gasteiger charge is 2.29. The number of hydrogen-bond acceptors (Lipinski definition) is 3. The Morgan fingerprint density at radius 1 is 1.15 bits per heavy atom. The first-order valence-corrected chi connectivity index (χ1v) is 8.91. The number of benzene rings is 1. The fourth-order valence-electron chi connectivity index (χ4n) is 2.03. The lowest BCUT2D eigenvalue weighted by Crippen LogP contribution is -2.32. The van der Waals surface area contributed by atoms with Crippen LogP contribution in [-0.2, 0) is 9.84 Å². The summed E-state index contributed by atoms with van der Waals surface area (Å²) in [6.07, 6.45) is 0.663. The number of nitrogens with one attached hydrogen (secondary N) is 1. The van der Waals surface area contributed by atoms with E-state index in [1.165, 1.54) is 5.56 Å². The minimum atomic E-state index is -3.05. The molecule has 0 amide bonds. The summed E-state index contributed by atoms with van der Waals surface area (Å²) in [4.78, 5) is 0. The molecule has 114 valence electrons. The van der Waals surface area contributed by atoms with Crippen LogP contribution in [0.25, 0.3) is 0 Å². The Morgan fingerprint density at radius 2 is 1.75 bits per heavy atom. The Hall–Kier alpha value is -0.870. The summed E-state index contributed by atoms with van der Waals surface area (Å²) >= 11 is 0. The Kier molecular flexibility index (Phi) is 6.21. The van der Waals surface area contributed by atoms with Crippen molar-refractivity contribution in [1.29, 1.82) is 0 Å². The zero-order chi connectivity index (χ0) is 15.2. The van der Waals surface area contributed by atoms with Crippen LogP contribution < -0.4 is 5.32 Å². The molecule has 0 heterocycles. The van der Waals surface area contributed by atoms with Crippen molar-refractivity contribution < 1.29 is 8.42 Å². The number of likely N-dealkylation sites (N-methyl/N-ethyl adjacent to an activating group) is 1. The van der Waals surface area contributed by atoms with Gasteiger partial charge in [-0.25, -0.2) is 8.42 Å². The molecule has 1 rings (SSSR count). The molecule has 0 fully saturated rings. The summed E-state index contributed by atoms with van der Waals surface area (Å²) in [5, 5.41) is 3.33.